The molecule has 1 aromatic heterocycles. The fraction of sp³-hybridized carbons (Fsp3) is 0.558. The van der Waals surface area contributed by atoms with Crippen molar-refractivity contribution in [2.24, 2.45) is 11.8 Å². The van der Waals surface area contributed by atoms with Gasteiger partial charge in [0.1, 0.15) is 0 Å². The lowest BCUT2D eigenvalue weighted by molar-refractivity contribution is 0.0918. The predicted octanol–water partition coefficient (Wildman–Crippen LogP) is 8.22. The first-order chi connectivity index (χ1) is 24.6. The maximum absolute atomic E-state index is 13.3. The number of fused-ring (bicyclic) bond motifs is 10. The molecule has 262 valence electrons. The molecule has 0 unspecified atom stereocenters. The molecule has 7 heteroatoms. The van der Waals surface area contributed by atoms with E-state index >= 15 is 0 Å². The maximum atomic E-state index is 13.3. The van der Waals surface area contributed by atoms with Crippen LogP contribution < -0.4 is 10.6 Å². The molecule has 2 saturated heterocycles. The smallest absolute Gasteiger partial charge is 0.253 e. The number of carbonyl (C=O) groups excluding carboxylic acids is 2. The van der Waals surface area contributed by atoms with E-state index in [2.05, 4.69) is 73.9 Å². The fourth-order valence-electron chi connectivity index (χ4n) is 11.0. The Morgan fingerprint density at radius 1 is 0.540 bits per heavy atom. The fourth-order valence-corrected chi connectivity index (χ4v) is 11.0. The van der Waals surface area contributed by atoms with Crippen molar-refractivity contribution in [3.05, 3.63) is 100 Å². The van der Waals surface area contributed by atoms with Gasteiger partial charge in [0, 0.05) is 48.6 Å². The molecule has 0 radical (unpaired) electrons. The van der Waals surface area contributed by atoms with Crippen LogP contribution in [-0.2, 0) is 0 Å². The highest BCUT2D eigenvalue weighted by Gasteiger charge is 2.44. The lowest BCUT2D eigenvalue weighted by Gasteiger charge is -2.31. The van der Waals surface area contributed by atoms with Crippen molar-refractivity contribution in [3.63, 3.8) is 0 Å². The van der Waals surface area contributed by atoms with E-state index in [9.17, 15) is 9.59 Å². The van der Waals surface area contributed by atoms with Crippen LogP contribution >= 0.6 is 0 Å². The normalized spacial score (nSPS) is 31.4. The molecule has 6 aliphatic rings. The summed E-state index contributed by atoms with van der Waals surface area (Å²) in [6.07, 6.45) is 19.6. The number of carbonyl (C=O) groups is 2. The number of rotatable bonds is 10. The van der Waals surface area contributed by atoms with E-state index in [1.807, 2.05) is 0 Å². The second-order valence-corrected chi connectivity index (χ2v) is 16.4. The monoisotopic (exact) mass is 671 g/mol. The van der Waals surface area contributed by atoms with E-state index in [-0.39, 0.29) is 23.9 Å². The van der Waals surface area contributed by atoms with Gasteiger partial charge in [0.15, 0.2) is 0 Å². The summed E-state index contributed by atoms with van der Waals surface area (Å²) >= 11 is 0. The molecule has 2 saturated carbocycles. The quantitative estimate of drug-likeness (QED) is 0.227. The third kappa shape index (κ3) is 6.19. The highest BCUT2D eigenvalue weighted by molar-refractivity contribution is 5.99. The Bertz CT molecular complexity index is 1530. The van der Waals surface area contributed by atoms with Crippen molar-refractivity contribution < 1.29 is 9.59 Å². The van der Waals surface area contributed by atoms with Gasteiger partial charge in [0.05, 0.1) is 11.1 Å². The molecule has 50 heavy (non-hydrogen) atoms. The average molecular weight is 672 g/mol. The van der Waals surface area contributed by atoms with E-state index in [0.717, 1.165) is 63.2 Å². The number of aromatic nitrogens is 1. The van der Waals surface area contributed by atoms with Gasteiger partial charge in [-0.15, -0.1) is 0 Å². The Hall–Kier alpha value is -3.55. The second-order valence-electron chi connectivity index (χ2n) is 16.4. The van der Waals surface area contributed by atoms with E-state index < -0.39 is 0 Å². The van der Waals surface area contributed by atoms with Crippen LogP contribution in [0, 0.1) is 11.8 Å². The second kappa shape index (κ2) is 13.9. The Kier molecular flexibility index (Phi) is 8.98. The van der Waals surface area contributed by atoms with Crippen molar-refractivity contribution >= 4 is 11.8 Å². The molecule has 2 aromatic carbocycles. The third-order valence-corrected chi connectivity index (χ3v) is 13.7. The first kappa shape index (κ1) is 32.4. The van der Waals surface area contributed by atoms with Gasteiger partial charge in [0.2, 0.25) is 0 Å². The summed E-state index contributed by atoms with van der Waals surface area (Å²) in [6, 6.07) is 22.7. The molecular weight excluding hydrogens is 619 g/mol. The van der Waals surface area contributed by atoms with Crippen LogP contribution in [0.4, 0.5) is 0 Å². The molecule has 9 rings (SSSR count). The summed E-state index contributed by atoms with van der Waals surface area (Å²) in [7, 11) is 0. The summed E-state index contributed by atoms with van der Waals surface area (Å²) in [5.41, 5.74) is 7.22. The maximum Gasteiger partial charge on any atom is 0.253 e. The Labute approximate surface area is 297 Å². The molecule has 2 amide bonds. The van der Waals surface area contributed by atoms with Crippen LogP contribution in [0.5, 0.6) is 0 Å². The third-order valence-electron chi connectivity index (χ3n) is 13.7. The summed E-state index contributed by atoms with van der Waals surface area (Å²) < 4.78 is 0. The zero-order chi connectivity index (χ0) is 33.6. The topological polar surface area (TPSA) is 77.6 Å². The van der Waals surface area contributed by atoms with Gasteiger partial charge < -0.3 is 10.6 Å². The van der Waals surface area contributed by atoms with E-state index in [4.69, 9.17) is 0 Å². The number of hydrogen-bond donors (Lipinski definition) is 2. The van der Waals surface area contributed by atoms with Crippen LogP contribution in [-0.4, -0.2) is 51.8 Å². The molecule has 4 fully saturated rings. The van der Waals surface area contributed by atoms with Gasteiger partial charge in [0.25, 0.3) is 11.8 Å². The number of hydrogen-bond acceptors (Lipinski definition) is 5. The number of benzene rings is 2. The van der Waals surface area contributed by atoms with E-state index in [1.54, 1.807) is 40.7 Å². The first-order valence-corrected chi connectivity index (χ1v) is 19.8. The van der Waals surface area contributed by atoms with Gasteiger partial charge in [-0.1, -0.05) is 48.5 Å². The minimum absolute atomic E-state index is 0.114. The molecule has 4 aliphatic heterocycles. The van der Waals surface area contributed by atoms with Crippen molar-refractivity contribution in [2.45, 2.75) is 126 Å². The van der Waals surface area contributed by atoms with Crippen LogP contribution in [0.25, 0.3) is 0 Å². The lowest BCUT2D eigenvalue weighted by Crippen LogP contribution is -2.39. The average Bonchev–Trinajstić information content (AvgIpc) is 3.92. The van der Waals surface area contributed by atoms with Crippen LogP contribution in [0.15, 0.2) is 67.0 Å². The van der Waals surface area contributed by atoms with Gasteiger partial charge in [-0.2, -0.15) is 0 Å². The number of pyridine rings is 1. The molecule has 2 aliphatic carbocycles. The molecule has 7 nitrogen and oxygen atoms in total. The lowest BCUT2D eigenvalue weighted by atomic mass is 9.84. The summed E-state index contributed by atoms with van der Waals surface area (Å²) in [6.45, 7) is 2.37. The van der Waals surface area contributed by atoms with E-state index in [0.29, 0.717) is 35.3 Å². The largest absolute Gasteiger partial charge is 0.349 e. The summed E-state index contributed by atoms with van der Waals surface area (Å²) in [5, 5.41) is 6.53. The van der Waals surface area contributed by atoms with Crippen molar-refractivity contribution in [2.75, 3.05) is 13.1 Å². The standard InChI is InChI=1S/C43H53N5O2/c49-42(45-32-13-9-28(10-14-32)21-23-47-38-17-18-39(47)35-6-2-1-5-34(35)38)30-25-31(27-44-26-30)43(50)46-33-15-11-29(12-16-33)22-24-48-40-19-20-41(48)37-8-4-3-7-36(37)40/h1-8,25-29,32-33,38-41H,9-24H2,(H,45,49)(H,46,50)/t28?,29?,32?,33?,38-,39+,40-,41+. The van der Waals surface area contributed by atoms with Gasteiger partial charge in [-0.3, -0.25) is 24.4 Å². The number of nitrogens with one attached hydrogen (secondary N) is 2. The number of nitrogens with zero attached hydrogens (tertiary/aromatic N) is 3. The zero-order valence-corrected chi connectivity index (χ0v) is 29.4. The Morgan fingerprint density at radius 3 is 1.26 bits per heavy atom. The van der Waals surface area contributed by atoms with Gasteiger partial charge in [-0.05, 0) is 143 Å². The molecule has 5 heterocycles. The van der Waals surface area contributed by atoms with Crippen LogP contribution in [0.2, 0.25) is 0 Å². The Morgan fingerprint density at radius 2 is 0.900 bits per heavy atom. The van der Waals surface area contributed by atoms with Crippen LogP contribution in [0.1, 0.15) is 157 Å². The molecule has 2 N–H and O–H groups in total. The molecule has 4 bridgehead atoms. The van der Waals surface area contributed by atoms with Crippen molar-refractivity contribution in [1.82, 2.24) is 25.4 Å². The molecule has 4 atom stereocenters. The molecule has 0 spiro atoms. The Balaban J connectivity index is 0.698. The summed E-state index contributed by atoms with van der Waals surface area (Å²) in [5.74, 6) is 1.23. The molecule has 3 aromatic rings. The highest BCUT2D eigenvalue weighted by Crippen LogP contribution is 2.54. The van der Waals surface area contributed by atoms with Crippen molar-refractivity contribution in [3.8, 4) is 0 Å². The summed E-state index contributed by atoms with van der Waals surface area (Å²) in [4.78, 5) is 36.3. The van der Waals surface area contributed by atoms with E-state index in [1.165, 1.54) is 51.6 Å². The van der Waals surface area contributed by atoms with Gasteiger partial charge in [-0.25, -0.2) is 0 Å². The minimum Gasteiger partial charge on any atom is -0.349 e. The zero-order valence-electron chi connectivity index (χ0n) is 29.4. The molecular formula is C43H53N5O2. The highest BCUT2D eigenvalue weighted by atomic mass is 16.2. The minimum atomic E-state index is -0.114. The van der Waals surface area contributed by atoms with Gasteiger partial charge >= 0.3 is 0 Å². The SMILES string of the molecule is O=C(NC1CCC(CCN2[C@@H]3CC[C@H]2c2ccccc23)CC1)c1cncc(C(=O)NC2CCC(CCN3[C@@H]4CC[C@H]3c3ccccc34)CC2)c1. The first-order valence-electron chi connectivity index (χ1n) is 19.8. The van der Waals surface area contributed by atoms with Crippen LogP contribution in [0.3, 0.4) is 0 Å². The number of amides is 2. The van der Waals surface area contributed by atoms with Crippen molar-refractivity contribution in [1.29, 1.82) is 0 Å². The predicted molar refractivity (Wildman–Crippen MR) is 196 cm³/mol.